The van der Waals surface area contributed by atoms with Gasteiger partial charge in [0.25, 0.3) is 5.91 Å². The van der Waals surface area contributed by atoms with E-state index in [9.17, 15) is 4.79 Å². The van der Waals surface area contributed by atoms with Crippen molar-refractivity contribution in [3.8, 4) is 5.69 Å². The van der Waals surface area contributed by atoms with E-state index in [4.69, 9.17) is 16.0 Å². The third kappa shape index (κ3) is 2.97. The van der Waals surface area contributed by atoms with Gasteiger partial charge in [0.1, 0.15) is 11.3 Å². The van der Waals surface area contributed by atoms with Crippen LogP contribution in [0.5, 0.6) is 0 Å². The molecule has 25 heavy (non-hydrogen) atoms. The van der Waals surface area contributed by atoms with E-state index in [0.717, 1.165) is 0 Å². The van der Waals surface area contributed by atoms with Gasteiger partial charge in [-0.3, -0.25) is 4.79 Å². The summed E-state index contributed by atoms with van der Waals surface area (Å²) in [6.45, 7) is 0.293. The summed E-state index contributed by atoms with van der Waals surface area (Å²) < 4.78 is 6.76. The van der Waals surface area contributed by atoms with E-state index in [1.54, 1.807) is 53.5 Å². The summed E-state index contributed by atoms with van der Waals surface area (Å²) in [5.41, 5.74) is 2.34. The number of hydrogen-bond donors (Lipinski definition) is 1. The summed E-state index contributed by atoms with van der Waals surface area (Å²) in [7, 11) is 0. The Balaban J connectivity index is 1.59. The van der Waals surface area contributed by atoms with E-state index in [2.05, 4.69) is 20.6 Å². The van der Waals surface area contributed by atoms with E-state index in [1.807, 2.05) is 6.07 Å². The number of nitrogens with one attached hydrogen (secondary N) is 1. The highest BCUT2D eigenvalue weighted by Crippen LogP contribution is 2.22. The number of halogens is 1. The van der Waals surface area contributed by atoms with Gasteiger partial charge in [0.2, 0.25) is 0 Å². The summed E-state index contributed by atoms with van der Waals surface area (Å²) in [5, 5.41) is 11.2. The summed E-state index contributed by atoms with van der Waals surface area (Å²) >= 11 is 6.29. The highest BCUT2D eigenvalue weighted by Gasteiger charge is 2.14. The van der Waals surface area contributed by atoms with Crippen molar-refractivity contribution in [3.05, 3.63) is 71.3 Å². The van der Waals surface area contributed by atoms with E-state index in [0.29, 0.717) is 39.7 Å². The Kier molecular flexibility index (Phi) is 3.91. The van der Waals surface area contributed by atoms with Crippen LogP contribution in [-0.4, -0.2) is 25.9 Å². The van der Waals surface area contributed by atoms with Crippen LogP contribution in [0.1, 0.15) is 16.1 Å². The Morgan fingerprint density at radius 1 is 1.24 bits per heavy atom. The fourth-order valence-corrected chi connectivity index (χ4v) is 2.70. The highest BCUT2D eigenvalue weighted by atomic mass is 35.5. The Hall–Kier alpha value is -3.19. The van der Waals surface area contributed by atoms with E-state index < -0.39 is 0 Å². The molecule has 7 nitrogen and oxygen atoms in total. The number of benzene rings is 1. The predicted molar refractivity (Wildman–Crippen MR) is 91.5 cm³/mol. The summed E-state index contributed by atoms with van der Waals surface area (Å²) in [4.78, 5) is 16.6. The minimum Gasteiger partial charge on any atom is -0.467 e. The number of carbonyl (C=O) groups is 1. The fourth-order valence-electron chi connectivity index (χ4n) is 2.43. The monoisotopic (exact) mass is 353 g/mol. The molecule has 4 aromatic rings. The molecule has 3 heterocycles. The van der Waals surface area contributed by atoms with Gasteiger partial charge in [-0.05, 0) is 42.5 Å². The molecular weight excluding hydrogens is 342 g/mol. The van der Waals surface area contributed by atoms with Crippen LogP contribution in [0.25, 0.3) is 16.9 Å². The maximum Gasteiger partial charge on any atom is 0.253 e. The number of carbonyl (C=O) groups excluding carboxylic acids is 1. The smallest absolute Gasteiger partial charge is 0.253 e. The average molecular weight is 354 g/mol. The molecule has 0 saturated heterocycles. The van der Waals surface area contributed by atoms with Crippen molar-refractivity contribution in [1.29, 1.82) is 0 Å². The van der Waals surface area contributed by atoms with Crippen LogP contribution in [0.15, 0.2) is 59.3 Å². The van der Waals surface area contributed by atoms with Gasteiger partial charge in [-0.1, -0.05) is 16.8 Å². The van der Waals surface area contributed by atoms with Gasteiger partial charge in [0.05, 0.1) is 29.1 Å². The molecule has 0 radical (unpaired) electrons. The minimum absolute atomic E-state index is 0.283. The van der Waals surface area contributed by atoms with Crippen LogP contribution in [0, 0.1) is 0 Å². The zero-order chi connectivity index (χ0) is 17.2. The van der Waals surface area contributed by atoms with Gasteiger partial charge in [0.15, 0.2) is 5.65 Å². The second-order valence-electron chi connectivity index (χ2n) is 5.27. The summed E-state index contributed by atoms with van der Waals surface area (Å²) in [6.07, 6.45) is 3.22. The van der Waals surface area contributed by atoms with Gasteiger partial charge < -0.3 is 9.73 Å². The molecule has 0 fully saturated rings. The molecule has 3 aromatic heterocycles. The molecule has 4 rings (SSSR count). The topological polar surface area (TPSA) is 85.8 Å². The molecule has 0 spiro atoms. The van der Waals surface area contributed by atoms with Crippen molar-refractivity contribution in [1.82, 2.24) is 25.3 Å². The Morgan fingerprint density at radius 2 is 2.16 bits per heavy atom. The van der Waals surface area contributed by atoms with Crippen LogP contribution in [-0.2, 0) is 6.54 Å². The minimum atomic E-state index is -0.283. The van der Waals surface area contributed by atoms with Crippen molar-refractivity contribution in [2.24, 2.45) is 0 Å². The third-order valence-electron chi connectivity index (χ3n) is 3.65. The number of rotatable bonds is 4. The van der Waals surface area contributed by atoms with Crippen molar-refractivity contribution in [2.75, 3.05) is 0 Å². The fraction of sp³-hybridized carbons (Fsp3) is 0.0588. The van der Waals surface area contributed by atoms with E-state index in [-0.39, 0.29) is 5.91 Å². The number of aromatic nitrogens is 4. The SMILES string of the molecule is O=C(NCc1ccco1)c1ccc(-n2nnc3cccnc32)cc1Cl. The van der Waals surface area contributed by atoms with Crippen LogP contribution < -0.4 is 5.32 Å². The zero-order valence-electron chi connectivity index (χ0n) is 12.9. The second kappa shape index (κ2) is 6.37. The predicted octanol–water partition coefficient (Wildman–Crippen LogP) is 2.99. The van der Waals surface area contributed by atoms with Gasteiger partial charge in [-0.25, -0.2) is 4.98 Å². The molecule has 0 aliphatic heterocycles. The first-order chi connectivity index (χ1) is 12.2. The first kappa shape index (κ1) is 15.3. The summed E-state index contributed by atoms with van der Waals surface area (Å²) in [5.74, 6) is 0.385. The molecule has 124 valence electrons. The maximum atomic E-state index is 12.3. The molecule has 0 atom stereocenters. The van der Waals surface area contributed by atoms with Crippen molar-refractivity contribution < 1.29 is 9.21 Å². The highest BCUT2D eigenvalue weighted by molar-refractivity contribution is 6.34. The first-order valence-electron chi connectivity index (χ1n) is 7.49. The second-order valence-corrected chi connectivity index (χ2v) is 5.68. The molecule has 1 aromatic carbocycles. The molecule has 8 heteroatoms. The largest absolute Gasteiger partial charge is 0.467 e. The number of nitrogens with zero attached hydrogens (tertiary/aromatic N) is 4. The maximum absolute atomic E-state index is 12.3. The normalized spacial score (nSPS) is 10.9. The number of furan rings is 1. The molecule has 0 bridgehead atoms. The average Bonchev–Trinajstić information content (AvgIpc) is 3.29. The van der Waals surface area contributed by atoms with Crippen LogP contribution in [0.3, 0.4) is 0 Å². The quantitative estimate of drug-likeness (QED) is 0.609. The molecular formula is C17H12ClN5O2. The van der Waals surface area contributed by atoms with Gasteiger partial charge in [-0.15, -0.1) is 5.10 Å². The lowest BCUT2D eigenvalue weighted by Crippen LogP contribution is -2.23. The number of amides is 1. The number of hydrogen-bond acceptors (Lipinski definition) is 5. The molecule has 0 unspecified atom stereocenters. The van der Waals surface area contributed by atoms with Crippen LogP contribution in [0.2, 0.25) is 5.02 Å². The van der Waals surface area contributed by atoms with E-state index in [1.165, 1.54) is 0 Å². The van der Waals surface area contributed by atoms with Gasteiger partial charge in [-0.2, -0.15) is 4.68 Å². The lowest BCUT2D eigenvalue weighted by molar-refractivity contribution is 0.0948. The molecule has 0 saturated carbocycles. The van der Waals surface area contributed by atoms with Gasteiger partial charge in [0, 0.05) is 6.20 Å². The molecule has 0 aliphatic rings. The molecule has 1 N–H and O–H groups in total. The Morgan fingerprint density at radius 3 is 2.96 bits per heavy atom. The van der Waals surface area contributed by atoms with Crippen molar-refractivity contribution in [2.45, 2.75) is 6.54 Å². The van der Waals surface area contributed by atoms with Crippen LogP contribution >= 0.6 is 11.6 Å². The van der Waals surface area contributed by atoms with Gasteiger partial charge >= 0.3 is 0 Å². The molecule has 0 aliphatic carbocycles. The van der Waals surface area contributed by atoms with Crippen molar-refractivity contribution >= 4 is 28.7 Å². The standard InChI is InChI=1S/C17H12ClN5O2/c18-14-9-11(23-16-15(21-22-23)4-1-7-19-16)5-6-13(14)17(24)20-10-12-3-2-8-25-12/h1-9H,10H2,(H,20,24). The van der Waals surface area contributed by atoms with Crippen molar-refractivity contribution in [3.63, 3.8) is 0 Å². The lowest BCUT2D eigenvalue weighted by Gasteiger charge is -2.08. The van der Waals surface area contributed by atoms with Crippen LogP contribution in [0.4, 0.5) is 0 Å². The Bertz CT molecular complexity index is 1040. The number of pyridine rings is 1. The molecule has 1 amide bonds. The Labute approximate surface area is 147 Å². The third-order valence-corrected chi connectivity index (χ3v) is 3.97. The summed E-state index contributed by atoms with van der Waals surface area (Å²) in [6, 6.07) is 12.2. The number of fused-ring (bicyclic) bond motifs is 1. The first-order valence-corrected chi connectivity index (χ1v) is 7.87. The van der Waals surface area contributed by atoms with E-state index >= 15 is 0 Å². The lowest BCUT2D eigenvalue weighted by atomic mass is 10.2. The zero-order valence-corrected chi connectivity index (χ0v) is 13.6.